The molecule has 0 atom stereocenters. The normalized spacial score (nSPS) is 11.8. The van der Waals surface area contributed by atoms with Crippen molar-refractivity contribution in [2.24, 2.45) is 0 Å². The standard InChI is InChI=1S/C66H42N2O/c1-4-17-52-43(14-1)34-41-53(44-28-37-50(38-29-44)68-61-25-10-7-20-57(61)58-21-8-11-26-62(58)68)65(52)46-32-39-49(40-33-46)67(63-42-47-15-2-3-16-51(47)55-18-5-6-19-56(55)63)48-35-30-45(31-36-48)54-23-13-24-60-59-22-9-12-27-64(59)69-66(54)60/h1-42H. The molecule has 0 aliphatic rings. The van der Waals surface area contributed by atoms with Crippen molar-refractivity contribution in [2.45, 2.75) is 0 Å². The fourth-order valence-electron chi connectivity index (χ4n) is 11.0. The molecule has 0 unspecified atom stereocenters. The fourth-order valence-corrected chi connectivity index (χ4v) is 11.0. The van der Waals surface area contributed by atoms with Gasteiger partial charge in [0.15, 0.2) is 0 Å². The average molecular weight is 879 g/mol. The minimum absolute atomic E-state index is 0.901. The molecule has 0 fully saturated rings. The van der Waals surface area contributed by atoms with Crippen LogP contribution >= 0.6 is 0 Å². The third-order valence-electron chi connectivity index (χ3n) is 14.2. The van der Waals surface area contributed by atoms with Crippen molar-refractivity contribution in [3.05, 3.63) is 255 Å². The van der Waals surface area contributed by atoms with Crippen LogP contribution in [0.2, 0.25) is 0 Å². The first kappa shape index (κ1) is 39.0. The Balaban J connectivity index is 0.902. The molecule has 3 heteroatoms. The van der Waals surface area contributed by atoms with Crippen LogP contribution in [0.25, 0.3) is 115 Å². The minimum atomic E-state index is 0.901. The SMILES string of the molecule is c1ccc2c(-c3ccc(N(c4ccc(-c5cccc6c5oc5ccccc56)cc4)c4cc5ccccc5c5ccccc45)cc3)c(-c3ccc(-n4c5ccccc5c5ccccc54)cc3)ccc2c1. The van der Waals surface area contributed by atoms with Crippen molar-refractivity contribution in [1.29, 1.82) is 0 Å². The molecule has 0 amide bonds. The Morgan fingerprint density at radius 1 is 0.319 bits per heavy atom. The Morgan fingerprint density at radius 2 is 0.841 bits per heavy atom. The van der Waals surface area contributed by atoms with Crippen LogP contribution < -0.4 is 4.90 Å². The maximum Gasteiger partial charge on any atom is 0.143 e. The van der Waals surface area contributed by atoms with E-state index in [0.29, 0.717) is 0 Å². The first-order valence-corrected chi connectivity index (χ1v) is 23.7. The zero-order chi connectivity index (χ0) is 45.4. The Hall–Kier alpha value is -9.18. The summed E-state index contributed by atoms with van der Waals surface area (Å²) in [7, 11) is 0. The molecule has 14 aromatic rings. The van der Waals surface area contributed by atoms with Gasteiger partial charge in [0, 0.05) is 49.6 Å². The summed E-state index contributed by atoms with van der Waals surface area (Å²) < 4.78 is 8.87. The smallest absolute Gasteiger partial charge is 0.143 e. The topological polar surface area (TPSA) is 21.3 Å². The van der Waals surface area contributed by atoms with Crippen molar-refractivity contribution in [1.82, 2.24) is 4.57 Å². The predicted octanol–water partition coefficient (Wildman–Crippen LogP) is 18.6. The Morgan fingerprint density at radius 3 is 1.55 bits per heavy atom. The molecule has 0 saturated carbocycles. The van der Waals surface area contributed by atoms with E-state index in [1.54, 1.807) is 0 Å². The van der Waals surface area contributed by atoms with Gasteiger partial charge in [-0.3, -0.25) is 0 Å². The lowest BCUT2D eigenvalue weighted by Crippen LogP contribution is -2.10. The number of aromatic nitrogens is 1. The van der Waals surface area contributed by atoms with E-state index in [0.717, 1.165) is 61.4 Å². The Labute approximate surface area is 399 Å². The highest BCUT2D eigenvalue weighted by Crippen LogP contribution is 2.45. The molecule has 14 rings (SSSR count). The molecule has 0 radical (unpaired) electrons. The van der Waals surface area contributed by atoms with Gasteiger partial charge in [-0.25, -0.2) is 0 Å². The number of furan rings is 1. The quantitative estimate of drug-likeness (QED) is 0.149. The van der Waals surface area contributed by atoms with E-state index in [9.17, 15) is 0 Å². The number of anilines is 3. The van der Waals surface area contributed by atoms with Crippen LogP contribution in [0.4, 0.5) is 17.1 Å². The Bertz CT molecular complexity index is 4240. The third kappa shape index (κ3) is 6.29. The summed E-state index contributed by atoms with van der Waals surface area (Å²) in [5.74, 6) is 0. The van der Waals surface area contributed by atoms with Gasteiger partial charge in [-0.05, 0) is 115 Å². The molecule has 0 saturated heterocycles. The van der Waals surface area contributed by atoms with Crippen LogP contribution in [0.15, 0.2) is 259 Å². The summed E-state index contributed by atoms with van der Waals surface area (Å²) >= 11 is 0. The zero-order valence-electron chi connectivity index (χ0n) is 37.6. The van der Waals surface area contributed by atoms with Crippen LogP contribution in [-0.4, -0.2) is 4.57 Å². The number of fused-ring (bicyclic) bond motifs is 10. The van der Waals surface area contributed by atoms with Crippen molar-refractivity contribution >= 4 is 93.1 Å². The molecule has 2 heterocycles. The van der Waals surface area contributed by atoms with Crippen LogP contribution in [0.3, 0.4) is 0 Å². The summed E-state index contributed by atoms with van der Waals surface area (Å²) in [5.41, 5.74) is 15.6. The van der Waals surface area contributed by atoms with Crippen molar-refractivity contribution in [2.75, 3.05) is 4.90 Å². The number of para-hydroxylation sites is 4. The van der Waals surface area contributed by atoms with E-state index >= 15 is 0 Å². The van der Waals surface area contributed by atoms with Gasteiger partial charge in [0.1, 0.15) is 11.2 Å². The molecule has 0 aliphatic carbocycles. The van der Waals surface area contributed by atoms with E-state index in [2.05, 4.69) is 252 Å². The van der Waals surface area contributed by atoms with E-state index < -0.39 is 0 Å². The fraction of sp³-hybridized carbons (Fsp3) is 0. The average Bonchev–Trinajstić information content (AvgIpc) is 3.97. The van der Waals surface area contributed by atoms with Crippen LogP contribution in [-0.2, 0) is 0 Å². The number of rotatable bonds is 7. The number of hydrogen-bond acceptors (Lipinski definition) is 2. The van der Waals surface area contributed by atoms with E-state index in [-0.39, 0.29) is 0 Å². The largest absolute Gasteiger partial charge is 0.455 e. The molecule has 0 spiro atoms. The van der Waals surface area contributed by atoms with E-state index in [4.69, 9.17) is 4.42 Å². The minimum Gasteiger partial charge on any atom is -0.455 e. The monoisotopic (exact) mass is 878 g/mol. The van der Waals surface area contributed by atoms with Gasteiger partial charge in [-0.1, -0.05) is 194 Å². The van der Waals surface area contributed by atoms with Gasteiger partial charge in [0.25, 0.3) is 0 Å². The lowest BCUT2D eigenvalue weighted by molar-refractivity contribution is 0.670. The summed E-state index contributed by atoms with van der Waals surface area (Å²) in [5, 5.41) is 12.1. The molecule has 0 N–H and O–H groups in total. The highest BCUT2D eigenvalue weighted by molar-refractivity contribution is 6.15. The lowest BCUT2D eigenvalue weighted by Gasteiger charge is -2.28. The number of nitrogens with zero attached hydrogens (tertiary/aromatic N) is 2. The van der Waals surface area contributed by atoms with Crippen LogP contribution in [0, 0.1) is 0 Å². The highest BCUT2D eigenvalue weighted by atomic mass is 16.3. The third-order valence-corrected chi connectivity index (χ3v) is 14.2. The molecule has 2 aromatic heterocycles. The summed E-state index contributed by atoms with van der Waals surface area (Å²) in [6, 6.07) is 92.6. The zero-order valence-corrected chi connectivity index (χ0v) is 37.6. The second kappa shape index (κ2) is 15.7. The van der Waals surface area contributed by atoms with Crippen molar-refractivity contribution in [3.8, 4) is 39.1 Å². The van der Waals surface area contributed by atoms with E-state index in [1.165, 1.54) is 70.8 Å². The van der Waals surface area contributed by atoms with Gasteiger partial charge in [0.05, 0.1) is 16.7 Å². The van der Waals surface area contributed by atoms with Crippen molar-refractivity contribution < 1.29 is 4.42 Å². The molecule has 0 aliphatic heterocycles. The van der Waals surface area contributed by atoms with Gasteiger partial charge >= 0.3 is 0 Å². The molecule has 322 valence electrons. The molecule has 69 heavy (non-hydrogen) atoms. The van der Waals surface area contributed by atoms with Gasteiger partial charge < -0.3 is 13.9 Å². The highest BCUT2D eigenvalue weighted by Gasteiger charge is 2.21. The van der Waals surface area contributed by atoms with Crippen molar-refractivity contribution in [3.63, 3.8) is 0 Å². The molecule has 12 aromatic carbocycles. The van der Waals surface area contributed by atoms with Gasteiger partial charge in [-0.15, -0.1) is 0 Å². The summed E-state index contributed by atoms with van der Waals surface area (Å²) in [4.78, 5) is 2.42. The number of benzene rings is 12. The summed E-state index contributed by atoms with van der Waals surface area (Å²) in [6.45, 7) is 0. The van der Waals surface area contributed by atoms with Crippen LogP contribution in [0.1, 0.15) is 0 Å². The first-order valence-electron chi connectivity index (χ1n) is 23.7. The molecule has 3 nitrogen and oxygen atoms in total. The Kier molecular flexibility index (Phi) is 8.90. The summed E-state index contributed by atoms with van der Waals surface area (Å²) in [6.07, 6.45) is 0. The second-order valence-corrected chi connectivity index (χ2v) is 18.0. The lowest BCUT2D eigenvalue weighted by atomic mass is 9.89. The molecular formula is C66H42N2O. The maximum absolute atomic E-state index is 6.49. The second-order valence-electron chi connectivity index (χ2n) is 18.0. The maximum atomic E-state index is 6.49. The van der Waals surface area contributed by atoms with E-state index in [1.807, 2.05) is 12.1 Å². The van der Waals surface area contributed by atoms with Gasteiger partial charge in [0.2, 0.25) is 0 Å². The molecular weight excluding hydrogens is 837 g/mol. The molecule has 0 bridgehead atoms. The van der Waals surface area contributed by atoms with Gasteiger partial charge in [-0.2, -0.15) is 0 Å². The predicted molar refractivity (Wildman–Crippen MR) is 292 cm³/mol. The number of hydrogen-bond donors (Lipinski definition) is 0. The van der Waals surface area contributed by atoms with Crippen LogP contribution in [0.5, 0.6) is 0 Å². The first-order chi connectivity index (χ1) is 34.2.